The summed E-state index contributed by atoms with van der Waals surface area (Å²) in [5, 5.41) is 10.1. The van der Waals surface area contributed by atoms with Crippen LogP contribution in [0.15, 0.2) is 27.3 Å². The fourth-order valence-electron chi connectivity index (χ4n) is 4.83. The minimum absolute atomic E-state index is 0.0186. The highest BCUT2D eigenvalue weighted by Crippen LogP contribution is 2.47. The topological polar surface area (TPSA) is 98.4 Å². The molecule has 3 aromatic rings. The molecule has 0 saturated carbocycles. The van der Waals surface area contributed by atoms with E-state index >= 15 is 0 Å². The van der Waals surface area contributed by atoms with Gasteiger partial charge < -0.3 is 19.8 Å². The van der Waals surface area contributed by atoms with Crippen molar-refractivity contribution in [3.05, 3.63) is 50.3 Å². The highest BCUT2D eigenvalue weighted by atomic mass is 79.9. The van der Waals surface area contributed by atoms with E-state index in [-0.39, 0.29) is 29.0 Å². The molecule has 2 aliphatic rings. The molecule has 0 aromatic carbocycles. The lowest BCUT2D eigenvalue weighted by atomic mass is 9.88. The molecule has 13 heteroatoms. The van der Waals surface area contributed by atoms with Crippen molar-refractivity contribution in [2.45, 2.75) is 57.8 Å². The van der Waals surface area contributed by atoms with Gasteiger partial charge in [-0.2, -0.15) is 18.3 Å². The second kappa shape index (κ2) is 9.82. The van der Waals surface area contributed by atoms with Crippen LogP contribution in [0.25, 0.3) is 0 Å². The minimum Gasteiger partial charge on any atom is -0.467 e. The quantitative estimate of drug-likeness (QED) is 0.324. The SMILES string of the molecule is CCOC(=O)c1c(NC(=O)c2nn3c(c2Br)N[C@@H](c2ccco2)C[C@H]3C(F)(F)F)sc2c1CCC(C)C2. The molecule has 2 N–H and O–H groups in total. The van der Waals surface area contributed by atoms with Crippen molar-refractivity contribution in [3.8, 4) is 0 Å². The Bertz CT molecular complexity index is 1330. The van der Waals surface area contributed by atoms with Gasteiger partial charge in [-0.15, -0.1) is 11.3 Å². The molecule has 1 unspecified atom stereocenters. The Balaban J connectivity index is 1.50. The Morgan fingerprint density at radius 1 is 1.41 bits per heavy atom. The Kier molecular flexibility index (Phi) is 6.86. The molecule has 37 heavy (non-hydrogen) atoms. The minimum atomic E-state index is -4.61. The fourth-order valence-corrected chi connectivity index (χ4v) is 6.78. The van der Waals surface area contributed by atoms with Gasteiger partial charge in [0.25, 0.3) is 5.91 Å². The molecular weight excluding hydrogens is 577 g/mol. The summed E-state index contributed by atoms with van der Waals surface area (Å²) in [7, 11) is 0. The number of anilines is 2. The number of amides is 1. The number of furan rings is 1. The second-order valence-corrected chi connectivity index (χ2v) is 11.1. The largest absolute Gasteiger partial charge is 0.467 e. The number of aromatic nitrogens is 2. The summed E-state index contributed by atoms with van der Waals surface area (Å²) < 4.78 is 53.5. The van der Waals surface area contributed by atoms with Crippen LogP contribution in [0.3, 0.4) is 0 Å². The van der Waals surface area contributed by atoms with Gasteiger partial charge in [-0.05, 0) is 65.7 Å². The number of carbonyl (C=O) groups is 2. The van der Waals surface area contributed by atoms with Gasteiger partial charge in [0.1, 0.15) is 16.6 Å². The van der Waals surface area contributed by atoms with Crippen LogP contribution in [0.2, 0.25) is 0 Å². The first-order chi connectivity index (χ1) is 17.6. The van der Waals surface area contributed by atoms with E-state index in [9.17, 15) is 22.8 Å². The number of alkyl halides is 3. The van der Waals surface area contributed by atoms with Crippen molar-refractivity contribution in [3.63, 3.8) is 0 Å². The Morgan fingerprint density at radius 3 is 2.86 bits per heavy atom. The van der Waals surface area contributed by atoms with E-state index in [0.29, 0.717) is 28.7 Å². The van der Waals surface area contributed by atoms with Gasteiger partial charge in [0.2, 0.25) is 0 Å². The standard InChI is InChI=1S/C24H24BrF3N4O4S/c1-3-35-23(34)17-12-7-6-11(2)9-15(12)37-22(17)30-21(33)19-18(25)20-29-13(14-5-4-8-36-14)10-16(24(26,27)28)32(20)31-19/h4-5,8,11,13,16,29H,3,6-7,9-10H2,1-2H3,(H,30,33)/t11?,13-,16+/m1/s1. The van der Waals surface area contributed by atoms with Crippen molar-refractivity contribution in [1.82, 2.24) is 9.78 Å². The predicted molar refractivity (Wildman–Crippen MR) is 134 cm³/mol. The first-order valence-corrected chi connectivity index (χ1v) is 13.5. The van der Waals surface area contributed by atoms with Gasteiger partial charge >= 0.3 is 12.1 Å². The third-order valence-corrected chi connectivity index (χ3v) is 8.54. The summed E-state index contributed by atoms with van der Waals surface area (Å²) in [6, 6.07) is 0.457. The molecule has 1 amide bonds. The molecule has 198 valence electrons. The number of halogens is 4. The normalized spacial score (nSPS) is 21.1. The lowest BCUT2D eigenvalue weighted by Gasteiger charge is -2.32. The van der Waals surface area contributed by atoms with E-state index in [1.807, 2.05) is 0 Å². The zero-order valence-electron chi connectivity index (χ0n) is 19.9. The van der Waals surface area contributed by atoms with E-state index in [4.69, 9.17) is 9.15 Å². The summed E-state index contributed by atoms with van der Waals surface area (Å²) in [5.41, 5.74) is 0.943. The predicted octanol–water partition coefficient (Wildman–Crippen LogP) is 6.51. The maximum atomic E-state index is 14.0. The number of rotatable bonds is 5. The fraction of sp³-hybridized carbons (Fsp3) is 0.458. The Hall–Kier alpha value is -2.80. The van der Waals surface area contributed by atoms with Crippen LogP contribution in [-0.4, -0.2) is 34.4 Å². The van der Waals surface area contributed by atoms with Crippen LogP contribution in [-0.2, 0) is 17.6 Å². The molecule has 5 rings (SSSR count). The number of nitrogens with one attached hydrogen (secondary N) is 2. The van der Waals surface area contributed by atoms with Crippen molar-refractivity contribution in [1.29, 1.82) is 0 Å². The summed E-state index contributed by atoms with van der Waals surface area (Å²) in [4.78, 5) is 27.1. The summed E-state index contributed by atoms with van der Waals surface area (Å²) in [5.74, 6) is -0.468. The zero-order valence-corrected chi connectivity index (χ0v) is 22.3. The van der Waals surface area contributed by atoms with Crippen molar-refractivity contribution < 1.29 is 31.9 Å². The van der Waals surface area contributed by atoms with E-state index < -0.39 is 30.1 Å². The number of fused-ring (bicyclic) bond motifs is 2. The zero-order chi connectivity index (χ0) is 26.5. The van der Waals surface area contributed by atoms with Gasteiger partial charge in [0.05, 0.1) is 28.9 Å². The lowest BCUT2D eigenvalue weighted by Crippen LogP contribution is -2.35. The summed E-state index contributed by atoms with van der Waals surface area (Å²) in [6.07, 6.45) is -1.21. The number of ether oxygens (including phenoxy) is 1. The first-order valence-electron chi connectivity index (χ1n) is 11.9. The molecule has 0 fully saturated rings. The van der Waals surface area contributed by atoms with Crippen LogP contribution in [0.4, 0.5) is 24.0 Å². The monoisotopic (exact) mass is 600 g/mol. The maximum absolute atomic E-state index is 14.0. The molecule has 0 spiro atoms. The molecule has 1 aliphatic heterocycles. The van der Waals surface area contributed by atoms with E-state index in [1.54, 1.807) is 19.1 Å². The lowest BCUT2D eigenvalue weighted by molar-refractivity contribution is -0.174. The van der Waals surface area contributed by atoms with Crippen LogP contribution < -0.4 is 10.6 Å². The Morgan fingerprint density at radius 2 is 2.19 bits per heavy atom. The third-order valence-electron chi connectivity index (χ3n) is 6.62. The summed E-state index contributed by atoms with van der Waals surface area (Å²) >= 11 is 4.58. The average molecular weight is 601 g/mol. The number of hydrogen-bond donors (Lipinski definition) is 2. The van der Waals surface area contributed by atoms with E-state index in [0.717, 1.165) is 28.0 Å². The smallest absolute Gasteiger partial charge is 0.410 e. The molecule has 4 heterocycles. The van der Waals surface area contributed by atoms with Crippen LogP contribution in [0.5, 0.6) is 0 Å². The number of nitrogens with zero attached hydrogens (tertiary/aromatic N) is 2. The average Bonchev–Trinajstić information content (AvgIpc) is 3.55. The number of carbonyl (C=O) groups excluding carboxylic acids is 2. The van der Waals surface area contributed by atoms with Gasteiger partial charge in [-0.3, -0.25) is 4.79 Å². The number of esters is 1. The van der Waals surface area contributed by atoms with Gasteiger partial charge in [0.15, 0.2) is 11.7 Å². The van der Waals surface area contributed by atoms with Crippen LogP contribution in [0, 0.1) is 5.92 Å². The third kappa shape index (κ3) is 4.78. The van der Waals surface area contributed by atoms with Crippen LogP contribution in [0.1, 0.15) is 75.8 Å². The molecular formula is C24H24BrF3N4O4S. The highest BCUT2D eigenvalue weighted by Gasteiger charge is 2.48. The molecule has 1 aliphatic carbocycles. The first kappa shape index (κ1) is 25.8. The molecule has 0 saturated heterocycles. The van der Waals surface area contributed by atoms with Gasteiger partial charge in [0, 0.05) is 11.3 Å². The summed E-state index contributed by atoms with van der Waals surface area (Å²) in [6.45, 7) is 4.00. The molecule has 8 nitrogen and oxygen atoms in total. The molecule has 0 radical (unpaired) electrons. The highest BCUT2D eigenvalue weighted by molar-refractivity contribution is 9.10. The maximum Gasteiger partial charge on any atom is 0.410 e. The van der Waals surface area contributed by atoms with Crippen LogP contribution >= 0.6 is 27.3 Å². The van der Waals surface area contributed by atoms with Gasteiger partial charge in [-0.25, -0.2) is 9.48 Å². The number of hydrogen-bond acceptors (Lipinski definition) is 7. The van der Waals surface area contributed by atoms with E-state index in [1.165, 1.54) is 17.6 Å². The van der Waals surface area contributed by atoms with Crippen molar-refractivity contribution in [2.75, 3.05) is 17.2 Å². The molecule has 3 atom stereocenters. The second-order valence-electron chi connectivity index (χ2n) is 9.19. The van der Waals surface area contributed by atoms with Crippen molar-refractivity contribution >= 4 is 50.0 Å². The number of thiophene rings is 1. The Labute approximate surface area is 222 Å². The van der Waals surface area contributed by atoms with Gasteiger partial charge in [-0.1, -0.05) is 6.92 Å². The van der Waals surface area contributed by atoms with Crippen molar-refractivity contribution in [2.24, 2.45) is 5.92 Å². The molecule has 3 aromatic heterocycles. The molecule has 0 bridgehead atoms. The van der Waals surface area contributed by atoms with E-state index in [2.05, 4.69) is 38.6 Å².